The molecule has 7 heteroatoms. The van der Waals surface area contributed by atoms with Gasteiger partial charge in [-0.25, -0.2) is 9.97 Å². The van der Waals surface area contributed by atoms with Crippen molar-refractivity contribution in [1.29, 1.82) is 0 Å². The molecule has 2 rings (SSSR count). The Morgan fingerprint density at radius 2 is 1.89 bits per heavy atom. The fourth-order valence-corrected chi connectivity index (χ4v) is 1.61. The predicted octanol–water partition coefficient (Wildman–Crippen LogP) is 0.701. The van der Waals surface area contributed by atoms with E-state index in [1.54, 1.807) is 19.3 Å². The quantitative estimate of drug-likeness (QED) is 0.685. The van der Waals surface area contributed by atoms with Crippen LogP contribution in [0.2, 0.25) is 0 Å². The molecule has 0 amide bonds. The van der Waals surface area contributed by atoms with E-state index < -0.39 is 0 Å². The molecular formula is C12H16N6O. The monoisotopic (exact) mass is 260 g/mol. The third-order valence-corrected chi connectivity index (χ3v) is 2.46. The highest BCUT2D eigenvalue weighted by atomic mass is 16.1. The minimum atomic E-state index is -0.160. The Morgan fingerprint density at radius 1 is 1.16 bits per heavy atom. The average Bonchev–Trinajstić information content (AvgIpc) is 2.35. The van der Waals surface area contributed by atoms with Crippen LogP contribution in [0.3, 0.4) is 0 Å². The number of aryl methyl sites for hydroxylation is 2. The summed E-state index contributed by atoms with van der Waals surface area (Å²) in [7, 11) is 0. The summed E-state index contributed by atoms with van der Waals surface area (Å²) >= 11 is 0. The molecule has 2 heterocycles. The highest BCUT2D eigenvalue weighted by Crippen LogP contribution is 2.04. The van der Waals surface area contributed by atoms with E-state index in [2.05, 4.69) is 30.6 Å². The van der Waals surface area contributed by atoms with Crippen LogP contribution in [0.1, 0.15) is 11.4 Å². The van der Waals surface area contributed by atoms with E-state index in [9.17, 15) is 4.79 Å². The lowest BCUT2D eigenvalue weighted by Gasteiger charge is -2.08. The van der Waals surface area contributed by atoms with E-state index >= 15 is 0 Å². The number of anilines is 2. The Hall–Kier alpha value is -2.44. The van der Waals surface area contributed by atoms with Gasteiger partial charge in [0, 0.05) is 37.2 Å². The normalized spacial score (nSPS) is 10.2. The van der Waals surface area contributed by atoms with Crippen LogP contribution in [0, 0.1) is 13.8 Å². The van der Waals surface area contributed by atoms with Gasteiger partial charge in [-0.1, -0.05) is 0 Å². The van der Waals surface area contributed by atoms with Gasteiger partial charge in [0.05, 0.1) is 5.69 Å². The van der Waals surface area contributed by atoms with Gasteiger partial charge in [-0.05, 0) is 13.8 Å². The lowest BCUT2D eigenvalue weighted by Crippen LogP contribution is -2.19. The van der Waals surface area contributed by atoms with Gasteiger partial charge >= 0.3 is 0 Å². The Morgan fingerprint density at radius 3 is 2.63 bits per heavy atom. The van der Waals surface area contributed by atoms with E-state index in [4.69, 9.17) is 0 Å². The predicted molar refractivity (Wildman–Crippen MR) is 73.3 cm³/mol. The number of nitrogens with zero attached hydrogens (tertiary/aromatic N) is 3. The summed E-state index contributed by atoms with van der Waals surface area (Å²) in [5.74, 6) is 1.23. The van der Waals surface area contributed by atoms with Crippen molar-refractivity contribution in [2.24, 2.45) is 0 Å². The van der Waals surface area contributed by atoms with Crippen molar-refractivity contribution in [3.63, 3.8) is 0 Å². The first-order valence-corrected chi connectivity index (χ1v) is 5.98. The molecule has 0 saturated heterocycles. The molecule has 0 radical (unpaired) electrons. The number of aromatic amines is 1. The standard InChI is InChI=1S/C12H16N6O/c1-8-7-10(19)18-12(17-8)16-6-5-15-11-9(2)13-3-4-14-11/h3-4,7H,5-6H2,1-2H3,(H,14,15)(H2,16,17,18,19). The van der Waals surface area contributed by atoms with Crippen LogP contribution in [0.4, 0.5) is 11.8 Å². The Bertz CT molecular complexity index is 609. The van der Waals surface area contributed by atoms with E-state index in [0.29, 0.717) is 24.7 Å². The second-order valence-electron chi connectivity index (χ2n) is 4.08. The van der Waals surface area contributed by atoms with E-state index in [1.807, 2.05) is 6.92 Å². The zero-order chi connectivity index (χ0) is 13.7. The fourth-order valence-electron chi connectivity index (χ4n) is 1.61. The van der Waals surface area contributed by atoms with Gasteiger partial charge in [0.2, 0.25) is 5.95 Å². The Balaban J connectivity index is 1.84. The maximum Gasteiger partial charge on any atom is 0.252 e. The zero-order valence-corrected chi connectivity index (χ0v) is 10.9. The Kier molecular flexibility index (Phi) is 4.07. The molecule has 2 aromatic rings. The fraction of sp³-hybridized carbons (Fsp3) is 0.333. The van der Waals surface area contributed by atoms with E-state index in [1.165, 1.54) is 6.07 Å². The molecule has 0 aliphatic carbocycles. The summed E-state index contributed by atoms with van der Waals surface area (Å²) in [5.41, 5.74) is 1.38. The van der Waals surface area contributed by atoms with Crippen molar-refractivity contribution < 1.29 is 0 Å². The van der Waals surface area contributed by atoms with Crippen molar-refractivity contribution in [3.05, 3.63) is 40.2 Å². The summed E-state index contributed by atoms with van der Waals surface area (Å²) < 4.78 is 0. The molecule has 0 saturated carbocycles. The topological polar surface area (TPSA) is 95.6 Å². The number of rotatable bonds is 5. The lowest BCUT2D eigenvalue weighted by atomic mass is 10.4. The van der Waals surface area contributed by atoms with Gasteiger partial charge < -0.3 is 10.6 Å². The van der Waals surface area contributed by atoms with Crippen LogP contribution < -0.4 is 16.2 Å². The third-order valence-electron chi connectivity index (χ3n) is 2.46. The molecule has 0 aromatic carbocycles. The summed E-state index contributed by atoms with van der Waals surface area (Å²) in [4.78, 5) is 26.3. The minimum Gasteiger partial charge on any atom is -0.367 e. The van der Waals surface area contributed by atoms with Crippen LogP contribution in [-0.4, -0.2) is 33.0 Å². The summed E-state index contributed by atoms with van der Waals surface area (Å²) in [5, 5.41) is 6.20. The minimum absolute atomic E-state index is 0.160. The third kappa shape index (κ3) is 3.77. The van der Waals surface area contributed by atoms with Gasteiger partial charge in [0.25, 0.3) is 5.56 Å². The van der Waals surface area contributed by atoms with E-state index in [-0.39, 0.29) is 5.56 Å². The molecule has 0 unspecified atom stereocenters. The summed E-state index contributed by atoms with van der Waals surface area (Å²) in [6, 6.07) is 1.45. The highest BCUT2D eigenvalue weighted by Gasteiger charge is 1.99. The largest absolute Gasteiger partial charge is 0.367 e. The molecule has 0 aliphatic heterocycles. The van der Waals surface area contributed by atoms with Gasteiger partial charge in [-0.2, -0.15) is 0 Å². The molecule has 3 N–H and O–H groups in total. The zero-order valence-electron chi connectivity index (χ0n) is 10.9. The molecule has 7 nitrogen and oxygen atoms in total. The van der Waals surface area contributed by atoms with Gasteiger partial charge in [-0.15, -0.1) is 0 Å². The van der Waals surface area contributed by atoms with Crippen LogP contribution in [-0.2, 0) is 0 Å². The average molecular weight is 260 g/mol. The molecule has 19 heavy (non-hydrogen) atoms. The number of hydrogen-bond donors (Lipinski definition) is 3. The second kappa shape index (κ2) is 5.94. The Labute approximate surface area is 110 Å². The van der Waals surface area contributed by atoms with Crippen LogP contribution in [0.15, 0.2) is 23.3 Å². The molecule has 0 bridgehead atoms. The van der Waals surface area contributed by atoms with Gasteiger partial charge in [0.15, 0.2) is 0 Å². The maximum absolute atomic E-state index is 11.2. The number of aromatic nitrogens is 4. The number of nitrogens with one attached hydrogen (secondary N) is 3. The van der Waals surface area contributed by atoms with Crippen LogP contribution >= 0.6 is 0 Å². The first-order chi connectivity index (χ1) is 9.15. The van der Waals surface area contributed by atoms with E-state index in [0.717, 1.165) is 11.5 Å². The van der Waals surface area contributed by atoms with Crippen LogP contribution in [0.25, 0.3) is 0 Å². The van der Waals surface area contributed by atoms with Crippen molar-refractivity contribution in [2.45, 2.75) is 13.8 Å². The smallest absolute Gasteiger partial charge is 0.252 e. The van der Waals surface area contributed by atoms with Gasteiger partial charge in [-0.3, -0.25) is 14.8 Å². The first-order valence-electron chi connectivity index (χ1n) is 5.98. The molecule has 0 fully saturated rings. The van der Waals surface area contributed by atoms with Gasteiger partial charge in [0.1, 0.15) is 5.82 Å². The maximum atomic E-state index is 11.2. The lowest BCUT2D eigenvalue weighted by molar-refractivity contribution is 0.981. The van der Waals surface area contributed by atoms with Crippen molar-refractivity contribution >= 4 is 11.8 Å². The summed E-state index contributed by atoms with van der Waals surface area (Å²) in [6.45, 7) is 4.93. The van der Waals surface area contributed by atoms with Crippen LogP contribution in [0.5, 0.6) is 0 Å². The van der Waals surface area contributed by atoms with Crippen molar-refractivity contribution in [3.8, 4) is 0 Å². The van der Waals surface area contributed by atoms with Crippen molar-refractivity contribution in [1.82, 2.24) is 19.9 Å². The summed E-state index contributed by atoms with van der Waals surface area (Å²) in [6.07, 6.45) is 3.29. The SMILES string of the molecule is Cc1cc(=O)[nH]c(NCCNc2nccnc2C)n1. The highest BCUT2D eigenvalue weighted by molar-refractivity contribution is 5.38. The molecular weight excluding hydrogens is 244 g/mol. The second-order valence-corrected chi connectivity index (χ2v) is 4.08. The van der Waals surface area contributed by atoms with Crippen molar-refractivity contribution in [2.75, 3.05) is 23.7 Å². The molecule has 0 atom stereocenters. The molecule has 100 valence electrons. The first kappa shape index (κ1) is 13.0. The number of hydrogen-bond acceptors (Lipinski definition) is 6. The molecule has 0 spiro atoms. The molecule has 0 aliphatic rings. The number of H-pyrrole nitrogens is 1. The molecule has 2 aromatic heterocycles.